The number of nitrogens with zero attached hydrogens (tertiary/aromatic N) is 1. The summed E-state index contributed by atoms with van der Waals surface area (Å²) in [5.74, 6) is 0. The smallest absolute Gasteiger partial charge is 0.0549 e. The van der Waals surface area contributed by atoms with Crippen LogP contribution < -0.4 is 0 Å². The van der Waals surface area contributed by atoms with E-state index in [1.165, 1.54) is 36.8 Å². The highest BCUT2D eigenvalue weighted by atomic mass is 15.2. The maximum absolute atomic E-state index is 2.59. The lowest BCUT2D eigenvalue weighted by Gasteiger charge is -2.42. The number of rotatable bonds is 4. The standard InChI is InChI=1S/C24H27N/c1-19(21-12-6-3-7-13-21)25-17-16-22-14-8-9-15-23(22)24(25)18-20-10-4-2-5-11-20/h2-7,10-13,16-17,19,24H,8-9,14-15,18H2,1H3/t19-,24-/m1/s1. The molecule has 2 aromatic rings. The third-order valence-electron chi connectivity index (χ3n) is 5.77. The Morgan fingerprint density at radius 1 is 0.920 bits per heavy atom. The van der Waals surface area contributed by atoms with Crippen LogP contribution in [0, 0.1) is 0 Å². The van der Waals surface area contributed by atoms with Gasteiger partial charge in [0.2, 0.25) is 0 Å². The first-order chi connectivity index (χ1) is 12.3. The maximum atomic E-state index is 2.59. The van der Waals surface area contributed by atoms with Gasteiger partial charge in [-0.1, -0.05) is 60.7 Å². The minimum atomic E-state index is 0.391. The van der Waals surface area contributed by atoms with Gasteiger partial charge in [-0.2, -0.15) is 0 Å². The molecule has 0 unspecified atom stereocenters. The Kier molecular flexibility index (Phi) is 4.74. The Labute approximate surface area is 151 Å². The summed E-state index contributed by atoms with van der Waals surface area (Å²) in [7, 11) is 0. The second-order valence-corrected chi connectivity index (χ2v) is 7.31. The first kappa shape index (κ1) is 16.2. The zero-order valence-corrected chi connectivity index (χ0v) is 15.1. The van der Waals surface area contributed by atoms with Gasteiger partial charge >= 0.3 is 0 Å². The van der Waals surface area contributed by atoms with Gasteiger partial charge in [0.25, 0.3) is 0 Å². The molecule has 1 aliphatic heterocycles. The van der Waals surface area contributed by atoms with E-state index in [1.807, 2.05) is 0 Å². The van der Waals surface area contributed by atoms with Crippen molar-refractivity contribution in [1.82, 2.24) is 4.90 Å². The van der Waals surface area contributed by atoms with Crippen LogP contribution in [-0.4, -0.2) is 10.9 Å². The van der Waals surface area contributed by atoms with Crippen molar-refractivity contribution < 1.29 is 0 Å². The molecular formula is C24H27N. The van der Waals surface area contributed by atoms with E-state index in [-0.39, 0.29) is 0 Å². The van der Waals surface area contributed by atoms with E-state index in [4.69, 9.17) is 0 Å². The average molecular weight is 329 g/mol. The summed E-state index contributed by atoms with van der Waals surface area (Å²) < 4.78 is 0. The zero-order valence-electron chi connectivity index (χ0n) is 15.1. The van der Waals surface area contributed by atoms with Gasteiger partial charge in [0.15, 0.2) is 0 Å². The van der Waals surface area contributed by atoms with Crippen LogP contribution >= 0.6 is 0 Å². The molecule has 2 aromatic carbocycles. The molecule has 0 spiro atoms. The molecule has 0 fully saturated rings. The molecule has 1 nitrogen and oxygen atoms in total. The molecule has 25 heavy (non-hydrogen) atoms. The summed E-state index contributed by atoms with van der Waals surface area (Å²) in [4.78, 5) is 2.59. The summed E-state index contributed by atoms with van der Waals surface area (Å²) in [6, 6.07) is 22.8. The Morgan fingerprint density at radius 2 is 1.60 bits per heavy atom. The van der Waals surface area contributed by atoms with Crippen LogP contribution in [0.3, 0.4) is 0 Å². The number of allylic oxidation sites excluding steroid dienone is 2. The lowest BCUT2D eigenvalue weighted by Crippen LogP contribution is -2.39. The van der Waals surface area contributed by atoms with E-state index >= 15 is 0 Å². The fourth-order valence-corrected chi connectivity index (χ4v) is 4.35. The monoisotopic (exact) mass is 329 g/mol. The molecular weight excluding hydrogens is 302 g/mol. The molecule has 0 saturated heterocycles. The molecule has 1 heteroatoms. The van der Waals surface area contributed by atoms with E-state index in [0.717, 1.165) is 6.42 Å². The fourth-order valence-electron chi connectivity index (χ4n) is 4.35. The van der Waals surface area contributed by atoms with E-state index < -0.39 is 0 Å². The van der Waals surface area contributed by atoms with Crippen LogP contribution in [0.15, 0.2) is 84.1 Å². The molecule has 0 amide bonds. The largest absolute Gasteiger partial charge is 0.364 e. The van der Waals surface area contributed by atoms with Crippen molar-refractivity contribution in [2.24, 2.45) is 0 Å². The van der Waals surface area contributed by atoms with Crippen molar-refractivity contribution in [3.05, 3.63) is 95.2 Å². The average Bonchev–Trinajstić information content (AvgIpc) is 2.69. The molecule has 0 bridgehead atoms. The quantitative estimate of drug-likeness (QED) is 0.659. The van der Waals surface area contributed by atoms with Crippen molar-refractivity contribution in [3.63, 3.8) is 0 Å². The first-order valence-electron chi connectivity index (χ1n) is 9.59. The van der Waals surface area contributed by atoms with Gasteiger partial charge in [0.05, 0.1) is 12.1 Å². The van der Waals surface area contributed by atoms with Gasteiger partial charge in [-0.05, 0) is 67.4 Å². The normalized spacial score (nSPS) is 21.2. The third kappa shape index (κ3) is 3.42. The zero-order chi connectivity index (χ0) is 17.1. The summed E-state index contributed by atoms with van der Waals surface area (Å²) in [6.07, 6.45) is 11.0. The molecule has 4 rings (SSSR count). The lowest BCUT2D eigenvalue weighted by molar-refractivity contribution is 0.228. The summed E-state index contributed by atoms with van der Waals surface area (Å²) in [5, 5.41) is 0. The Balaban J connectivity index is 1.67. The lowest BCUT2D eigenvalue weighted by atomic mass is 9.82. The molecule has 1 aliphatic carbocycles. The van der Waals surface area contributed by atoms with Crippen molar-refractivity contribution in [2.75, 3.05) is 0 Å². The van der Waals surface area contributed by atoms with Crippen molar-refractivity contribution in [3.8, 4) is 0 Å². The second-order valence-electron chi connectivity index (χ2n) is 7.31. The summed E-state index contributed by atoms with van der Waals surface area (Å²) >= 11 is 0. The highest BCUT2D eigenvalue weighted by Crippen LogP contribution is 2.38. The minimum Gasteiger partial charge on any atom is -0.364 e. The molecule has 2 atom stereocenters. The Bertz CT molecular complexity index is 757. The maximum Gasteiger partial charge on any atom is 0.0549 e. The Morgan fingerprint density at radius 3 is 2.36 bits per heavy atom. The fraction of sp³-hybridized carbons (Fsp3) is 0.333. The topological polar surface area (TPSA) is 3.24 Å². The molecule has 0 radical (unpaired) electrons. The highest BCUT2D eigenvalue weighted by molar-refractivity contribution is 5.37. The van der Waals surface area contributed by atoms with Gasteiger partial charge in [-0.3, -0.25) is 0 Å². The van der Waals surface area contributed by atoms with Crippen LogP contribution in [0.25, 0.3) is 0 Å². The van der Waals surface area contributed by atoms with E-state index in [1.54, 1.807) is 11.1 Å². The SMILES string of the molecule is C[C@H](c1ccccc1)N1C=CC2=C(CCCC2)[C@H]1Cc1ccccc1. The predicted octanol–water partition coefficient (Wildman–Crippen LogP) is 6.06. The van der Waals surface area contributed by atoms with Crippen molar-refractivity contribution in [1.29, 1.82) is 0 Å². The van der Waals surface area contributed by atoms with Crippen LogP contribution in [0.4, 0.5) is 0 Å². The molecule has 2 aliphatic rings. The highest BCUT2D eigenvalue weighted by Gasteiger charge is 2.30. The predicted molar refractivity (Wildman–Crippen MR) is 105 cm³/mol. The molecule has 1 heterocycles. The van der Waals surface area contributed by atoms with Gasteiger partial charge in [-0.25, -0.2) is 0 Å². The van der Waals surface area contributed by atoms with E-state index in [2.05, 4.69) is 84.8 Å². The Hall–Kier alpha value is -2.28. The number of hydrogen-bond acceptors (Lipinski definition) is 1. The third-order valence-corrected chi connectivity index (χ3v) is 5.77. The molecule has 0 aromatic heterocycles. The first-order valence-corrected chi connectivity index (χ1v) is 9.59. The number of hydrogen-bond donors (Lipinski definition) is 0. The van der Waals surface area contributed by atoms with Crippen molar-refractivity contribution >= 4 is 0 Å². The molecule has 0 saturated carbocycles. The molecule has 128 valence electrons. The van der Waals surface area contributed by atoms with Crippen LogP contribution in [0.5, 0.6) is 0 Å². The van der Waals surface area contributed by atoms with Gasteiger partial charge in [-0.15, -0.1) is 0 Å². The van der Waals surface area contributed by atoms with Gasteiger partial charge in [0, 0.05) is 6.20 Å². The number of benzene rings is 2. The van der Waals surface area contributed by atoms with Gasteiger partial charge in [0.1, 0.15) is 0 Å². The van der Waals surface area contributed by atoms with E-state index in [0.29, 0.717) is 12.1 Å². The van der Waals surface area contributed by atoms with Crippen LogP contribution in [-0.2, 0) is 6.42 Å². The molecule has 0 N–H and O–H groups in total. The second kappa shape index (κ2) is 7.31. The van der Waals surface area contributed by atoms with E-state index in [9.17, 15) is 0 Å². The minimum absolute atomic E-state index is 0.391. The van der Waals surface area contributed by atoms with Crippen molar-refractivity contribution in [2.45, 2.75) is 51.1 Å². The summed E-state index contributed by atoms with van der Waals surface area (Å²) in [6.45, 7) is 2.34. The van der Waals surface area contributed by atoms with Crippen LogP contribution in [0.1, 0.15) is 49.8 Å². The summed E-state index contributed by atoms with van der Waals surface area (Å²) in [5.41, 5.74) is 6.11. The van der Waals surface area contributed by atoms with Gasteiger partial charge < -0.3 is 4.90 Å². The van der Waals surface area contributed by atoms with Crippen LogP contribution in [0.2, 0.25) is 0 Å².